The number of thioether (sulfide) groups is 1. The number of hydrogen-bond acceptors (Lipinski definition) is 7. The number of hydrogen-bond donors (Lipinski definition) is 5. The normalized spacial score (nSPS) is 10.9. The van der Waals surface area contributed by atoms with Gasteiger partial charge in [-0.2, -0.15) is 0 Å². The number of thiophene rings is 1. The molecular weight excluding hydrogens is 550 g/mol. The fourth-order valence-corrected chi connectivity index (χ4v) is 4.78. The molecule has 4 rings (SSSR count). The Morgan fingerprint density at radius 1 is 0.850 bits per heavy atom. The molecule has 0 radical (unpaired) electrons. The second-order valence-electron chi connectivity index (χ2n) is 8.25. The molecule has 3 amide bonds. The molecule has 0 unspecified atom stereocenters. The van der Waals surface area contributed by atoms with Crippen molar-refractivity contribution in [2.45, 2.75) is 4.90 Å². The lowest BCUT2D eigenvalue weighted by atomic mass is 10.2. The van der Waals surface area contributed by atoms with Crippen LogP contribution in [0.5, 0.6) is 5.75 Å². The maximum Gasteiger partial charge on any atom is 0.339 e. The van der Waals surface area contributed by atoms with E-state index in [-0.39, 0.29) is 34.4 Å². The van der Waals surface area contributed by atoms with Crippen LogP contribution in [0.4, 0.5) is 11.4 Å². The van der Waals surface area contributed by atoms with Gasteiger partial charge in [0.25, 0.3) is 11.8 Å². The summed E-state index contributed by atoms with van der Waals surface area (Å²) in [4.78, 5) is 50.8. The predicted molar refractivity (Wildman–Crippen MR) is 156 cm³/mol. The van der Waals surface area contributed by atoms with Crippen molar-refractivity contribution >= 4 is 64.2 Å². The van der Waals surface area contributed by atoms with E-state index < -0.39 is 17.8 Å². The summed E-state index contributed by atoms with van der Waals surface area (Å²) in [5.41, 5.74) is 0.952. The first kappa shape index (κ1) is 28.1. The largest absolute Gasteiger partial charge is 0.507 e. The van der Waals surface area contributed by atoms with Crippen LogP contribution in [-0.2, 0) is 9.59 Å². The topological polar surface area (TPSA) is 145 Å². The van der Waals surface area contributed by atoms with E-state index >= 15 is 0 Å². The molecule has 0 spiro atoms. The number of carboxylic acid groups (broad SMARTS) is 1. The van der Waals surface area contributed by atoms with Crippen molar-refractivity contribution in [2.24, 2.45) is 0 Å². The zero-order chi connectivity index (χ0) is 28.5. The van der Waals surface area contributed by atoms with Gasteiger partial charge in [0.05, 0.1) is 5.75 Å². The monoisotopic (exact) mass is 573 g/mol. The number of aromatic hydroxyl groups is 1. The summed E-state index contributed by atoms with van der Waals surface area (Å²) in [5, 5.41) is 28.6. The van der Waals surface area contributed by atoms with Crippen LogP contribution in [-0.4, -0.2) is 39.7 Å². The Balaban J connectivity index is 1.36. The van der Waals surface area contributed by atoms with E-state index in [1.807, 2.05) is 17.5 Å². The van der Waals surface area contributed by atoms with Crippen LogP contribution in [0.1, 0.15) is 25.6 Å². The second-order valence-corrected chi connectivity index (χ2v) is 10.3. The van der Waals surface area contributed by atoms with Crippen LogP contribution in [0.25, 0.3) is 6.08 Å². The van der Waals surface area contributed by atoms with E-state index in [1.165, 1.54) is 41.3 Å². The third-order valence-electron chi connectivity index (χ3n) is 5.35. The zero-order valence-corrected chi connectivity index (χ0v) is 22.4. The molecule has 202 valence electrons. The molecule has 0 bridgehead atoms. The first-order valence-corrected chi connectivity index (χ1v) is 13.7. The standard InChI is InChI=1S/C29H23N3O6S2/c33-25-13-10-20(15-23(25)29(37)38)30-26(34)17-40-21-11-8-19(9-12-21)31-28(36)24(16-22-7-4-14-39-22)32-27(35)18-5-2-1-3-6-18/h1-16,33H,17H2,(H,30,34)(H,31,36)(H,32,35)(H,37,38)/b24-16-. The lowest BCUT2D eigenvalue weighted by molar-refractivity contribution is -0.114. The Bertz CT molecular complexity index is 1550. The second kappa shape index (κ2) is 13.3. The summed E-state index contributed by atoms with van der Waals surface area (Å²) in [6.07, 6.45) is 1.61. The first-order chi connectivity index (χ1) is 19.3. The summed E-state index contributed by atoms with van der Waals surface area (Å²) in [6, 6.07) is 22.9. The maximum absolute atomic E-state index is 13.1. The molecule has 4 aromatic rings. The summed E-state index contributed by atoms with van der Waals surface area (Å²) in [7, 11) is 0. The molecule has 1 aromatic heterocycles. The number of benzene rings is 3. The van der Waals surface area contributed by atoms with Gasteiger partial charge in [-0.15, -0.1) is 23.1 Å². The van der Waals surface area contributed by atoms with Gasteiger partial charge in [0.2, 0.25) is 5.91 Å². The highest BCUT2D eigenvalue weighted by atomic mass is 32.2. The Hall–Kier alpha value is -4.87. The number of nitrogens with one attached hydrogen (secondary N) is 3. The number of anilines is 2. The van der Waals surface area contributed by atoms with Gasteiger partial charge in [0, 0.05) is 26.7 Å². The first-order valence-electron chi connectivity index (χ1n) is 11.8. The van der Waals surface area contributed by atoms with Gasteiger partial charge < -0.3 is 26.2 Å². The minimum absolute atomic E-state index is 0.0498. The van der Waals surface area contributed by atoms with Crippen molar-refractivity contribution in [1.82, 2.24) is 5.32 Å². The van der Waals surface area contributed by atoms with Gasteiger partial charge in [0.1, 0.15) is 17.0 Å². The summed E-state index contributed by atoms with van der Waals surface area (Å²) in [5.74, 6) is -2.90. The minimum atomic E-state index is -1.30. The number of carbonyl (C=O) groups excluding carboxylic acids is 3. The average molecular weight is 574 g/mol. The van der Waals surface area contributed by atoms with Gasteiger partial charge in [-0.3, -0.25) is 14.4 Å². The quantitative estimate of drug-likeness (QED) is 0.0984. The van der Waals surface area contributed by atoms with Crippen molar-refractivity contribution in [1.29, 1.82) is 0 Å². The lowest BCUT2D eigenvalue weighted by Gasteiger charge is -2.11. The zero-order valence-electron chi connectivity index (χ0n) is 20.8. The molecule has 0 saturated heterocycles. The van der Waals surface area contributed by atoms with Crippen LogP contribution in [0.2, 0.25) is 0 Å². The van der Waals surface area contributed by atoms with Crippen LogP contribution < -0.4 is 16.0 Å². The Kier molecular flexibility index (Phi) is 9.34. The molecule has 1 heterocycles. The van der Waals surface area contributed by atoms with Crippen molar-refractivity contribution < 1.29 is 29.4 Å². The van der Waals surface area contributed by atoms with Gasteiger partial charge in [0.15, 0.2) is 0 Å². The van der Waals surface area contributed by atoms with E-state index in [2.05, 4.69) is 16.0 Å². The number of phenols is 1. The molecule has 9 nitrogen and oxygen atoms in total. The fraction of sp³-hybridized carbons (Fsp3) is 0.0345. The van der Waals surface area contributed by atoms with Gasteiger partial charge >= 0.3 is 5.97 Å². The molecule has 0 aliphatic heterocycles. The van der Waals surface area contributed by atoms with Crippen molar-refractivity contribution in [3.63, 3.8) is 0 Å². The number of aromatic carboxylic acids is 1. The van der Waals surface area contributed by atoms with E-state index in [1.54, 1.807) is 60.7 Å². The minimum Gasteiger partial charge on any atom is -0.507 e. The molecule has 0 atom stereocenters. The van der Waals surface area contributed by atoms with Crippen molar-refractivity contribution in [3.05, 3.63) is 112 Å². The van der Waals surface area contributed by atoms with Gasteiger partial charge in [-0.1, -0.05) is 24.3 Å². The SMILES string of the molecule is O=C(CSc1ccc(NC(=O)/C(=C/c2cccs2)NC(=O)c2ccccc2)cc1)Nc1ccc(O)c(C(=O)O)c1. The maximum atomic E-state index is 13.1. The molecule has 0 aliphatic rings. The molecule has 11 heteroatoms. The number of carbonyl (C=O) groups is 4. The highest BCUT2D eigenvalue weighted by Crippen LogP contribution is 2.24. The third-order valence-corrected chi connectivity index (χ3v) is 7.18. The van der Waals surface area contributed by atoms with Crippen LogP contribution in [0.3, 0.4) is 0 Å². The highest BCUT2D eigenvalue weighted by molar-refractivity contribution is 8.00. The molecule has 0 fully saturated rings. The smallest absolute Gasteiger partial charge is 0.339 e. The highest BCUT2D eigenvalue weighted by Gasteiger charge is 2.16. The number of carboxylic acids is 1. The van der Waals surface area contributed by atoms with Gasteiger partial charge in [-0.25, -0.2) is 4.79 Å². The summed E-state index contributed by atoms with van der Waals surface area (Å²) in [6.45, 7) is 0. The fourth-order valence-electron chi connectivity index (χ4n) is 3.42. The van der Waals surface area contributed by atoms with Crippen LogP contribution in [0, 0.1) is 0 Å². The van der Waals surface area contributed by atoms with E-state index in [9.17, 15) is 24.3 Å². The molecular formula is C29H23N3O6S2. The molecule has 0 aliphatic carbocycles. The molecule has 3 aromatic carbocycles. The van der Waals surface area contributed by atoms with Crippen molar-refractivity contribution in [3.8, 4) is 5.75 Å². The van der Waals surface area contributed by atoms with Gasteiger partial charge in [-0.05, 0) is 72.1 Å². The van der Waals surface area contributed by atoms with E-state index in [0.717, 1.165) is 9.77 Å². The number of amides is 3. The van der Waals surface area contributed by atoms with E-state index in [4.69, 9.17) is 5.11 Å². The molecule has 40 heavy (non-hydrogen) atoms. The summed E-state index contributed by atoms with van der Waals surface area (Å²) < 4.78 is 0. The average Bonchev–Trinajstić information content (AvgIpc) is 3.47. The third kappa shape index (κ3) is 7.82. The predicted octanol–water partition coefficient (Wildman–Crippen LogP) is 5.29. The van der Waals surface area contributed by atoms with Crippen molar-refractivity contribution in [2.75, 3.05) is 16.4 Å². The Morgan fingerprint density at radius 2 is 1.57 bits per heavy atom. The van der Waals surface area contributed by atoms with E-state index in [0.29, 0.717) is 11.3 Å². The number of rotatable bonds is 10. The summed E-state index contributed by atoms with van der Waals surface area (Å²) >= 11 is 2.68. The molecule has 5 N–H and O–H groups in total. The Morgan fingerprint density at radius 3 is 2.25 bits per heavy atom. The Labute approximate surface area is 237 Å². The van der Waals surface area contributed by atoms with Crippen LogP contribution >= 0.6 is 23.1 Å². The molecule has 0 saturated carbocycles. The van der Waals surface area contributed by atoms with Crippen LogP contribution in [0.15, 0.2) is 101 Å². The lowest BCUT2D eigenvalue weighted by Crippen LogP contribution is -2.30.